The first kappa shape index (κ1) is 19.0. The predicted octanol–water partition coefficient (Wildman–Crippen LogP) is 3.00. The fourth-order valence-corrected chi connectivity index (χ4v) is 4.19. The first-order valence-electron chi connectivity index (χ1n) is 10.6. The number of rotatable bonds is 4. The van der Waals surface area contributed by atoms with Crippen LogP contribution in [0.1, 0.15) is 50.1 Å². The fourth-order valence-electron chi connectivity index (χ4n) is 4.19. The Balaban J connectivity index is 1.57. The van der Waals surface area contributed by atoms with Crippen LogP contribution in [0.4, 0.5) is 4.39 Å². The molecule has 0 bridgehead atoms. The van der Waals surface area contributed by atoms with Crippen LogP contribution in [-0.4, -0.2) is 43.5 Å². The van der Waals surface area contributed by atoms with E-state index in [9.17, 15) is 14.0 Å². The molecule has 30 heavy (non-hydrogen) atoms. The fraction of sp³-hybridized carbons (Fsp3) is 0.455. The van der Waals surface area contributed by atoms with E-state index in [1.165, 1.54) is 21.5 Å². The van der Waals surface area contributed by atoms with E-state index in [4.69, 9.17) is 0 Å². The zero-order chi connectivity index (χ0) is 20.7. The minimum atomic E-state index is -0.351. The molecule has 1 aliphatic heterocycles. The summed E-state index contributed by atoms with van der Waals surface area (Å²) < 4.78 is 16.2. The Bertz CT molecular complexity index is 1140. The highest BCUT2D eigenvalue weighted by molar-refractivity contribution is 5.83. The molecule has 2 aromatic heterocycles. The summed E-state index contributed by atoms with van der Waals surface area (Å²) in [6.45, 7) is 1.40. The lowest BCUT2D eigenvalue weighted by Crippen LogP contribution is -2.38. The molecule has 7 nitrogen and oxygen atoms in total. The van der Waals surface area contributed by atoms with Crippen LogP contribution in [0.2, 0.25) is 0 Å². The Hall–Kier alpha value is -3.03. The normalized spacial score (nSPS) is 17.3. The van der Waals surface area contributed by atoms with Gasteiger partial charge in [-0.15, -0.1) is 0 Å². The highest BCUT2D eigenvalue weighted by atomic mass is 19.1. The molecule has 1 aromatic carbocycles. The van der Waals surface area contributed by atoms with Crippen molar-refractivity contribution in [1.82, 2.24) is 24.5 Å². The lowest BCUT2D eigenvalue weighted by Gasteiger charge is -2.20. The maximum Gasteiger partial charge on any atom is 0.293 e. The van der Waals surface area contributed by atoms with Crippen LogP contribution < -0.4 is 5.56 Å². The minimum absolute atomic E-state index is 0.0664. The third kappa shape index (κ3) is 3.51. The molecule has 0 unspecified atom stereocenters. The minimum Gasteiger partial charge on any atom is -0.341 e. The molecule has 0 N–H and O–H groups in total. The Labute approximate surface area is 173 Å². The van der Waals surface area contributed by atoms with Gasteiger partial charge in [-0.2, -0.15) is 10.2 Å². The zero-order valence-corrected chi connectivity index (χ0v) is 16.8. The van der Waals surface area contributed by atoms with Crippen molar-refractivity contribution in [3.05, 3.63) is 52.3 Å². The molecule has 3 aromatic rings. The predicted molar refractivity (Wildman–Crippen MR) is 110 cm³/mol. The largest absolute Gasteiger partial charge is 0.341 e. The van der Waals surface area contributed by atoms with Crippen molar-refractivity contribution < 1.29 is 9.18 Å². The summed E-state index contributed by atoms with van der Waals surface area (Å²) in [6.07, 6.45) is 7.95. The molecule has 2 fully saturated rings. The summed E-state index contributed by atoms with van der Waals surface area (Å²) in [7, 11) is 0. The van der Waals surface area contributed by atoms with Crippen LogP contribution in [0.5, 0.6) is 0 Å². The molecule has 5 rings (SSSR count). The maximum atomic E-state index is 13.4. The van der Waals surface area contributed by atoms with Crippen molar-refractivity contribution in [2.75, 3.05) is 13.1 Å². The second-order valence-corrected chi connectivity index (χ2v) is 8.21. The summed E-state index contributed by atoms with van der Waals surface area (Å²) in [5, 5.41) is 9.69. The molecule has 1 amide bonds. The molecule has 156 valence electrons. The molecule has 0 radical (unpaired) electrons. The Morgan fingerprint density at radius 3 is 2.43 bits per heavy atom. The van der Waals surface area contributed by atoms with Gasteiger partial charge in [0.05, 0.1) is 17.6 Å². The first-order valence-corrected chi connectivity index (χ1v) is 10.6. The molecule has 0 atom stereocenters. The monoisotopic (exact) mass is 409 g/mol. The third-order valence-corrected chi connectivity index (χ3v) is 5.99. The molecule has 1 saturated carbocycles. The third-order valence-electron chi connectivity index (χ3n) is 5.99. The standard InChI is InChI=1S/C22H24FN5O2/c23-16-7-9-17(10-8-16)28-21-18(13-24-28)20(15-5-6-15)25-27(22(21)30)14-19(29)26-11-3-1-2-4-12-26/h7-10,13,15H,1-6,11-12,14H2. The Morgan fingerprint density at radius 1 is 1.07 bits per heavy atom. The topological polar surface area (TPSA) is 73.0 Å². The second kappa shape index (κ2) is 7.66. The maximum absolute atomic E-state index is 13.4. The number of hydrogen-bond acceptors (Lipinski definition) is 4. The van der Waals surface area contributed by atoms with Gasteiger partial charge in [0, 0.05) is 24.4 Å². The van der Waals surface area contributed by atoms with Gasteiger partial charge in [0.2, 0.25) is 5.91 Å². The summed E-state index contributed by atoms with van der Waals surface area (Å²) >= 11 is 0. The van der Waals surface area contributed by atoms with Gasteiger partial charge in [-0.1, -0.05) is 12.8 Å². The quantitative estimate of drug-likeness (QED) is 0.664. The number of amides is 1. The van der Waals surface area contributed by atoms with Crippen LogP contribution in [0, 0.1) is 5.82 Å². The van der Waals surface area contributed by atoms with Crippen molar-refractivity contribution in [1.29, 1.82) is 0 Å². The summed E-state index contributed by atoms with van der Waals surface area (Å²) in [5.41, 5.74) is 1.46. The van der Waals surface area contributed by atoms with E-state index in [-0.39, 0.29) is 23.8 Å². The second-order valence-electron chi connectivity index (χ2n) is 8.21. The van der Waals surface area contributed by atoms with Crippen LogP contribution in [0.3, 0.4) is 0 Å². The van der Waals surface area contributed by atoms with Crippen molar-refractivity contribution in [2.45, 2.75) is 51.0 Å². The number of halogens is 1. The summed E-state index contributed by atoms with van der Waals surface area (Å²) in [4.78, 5) is 28.1. The smallest absolute Gasteiger partial charge is 0.293 e. The van der Waals surface area contributed by atoms with Crippen molar-refractivity contribution in [3.63, 3.8) is 0 Å². The molecular weight excluding hydrogens is 385 g/mol. The van der Waals surface area contributed by atoms with Gasteiger partial charge in [-0.3, -0.25) is 9.59 Å². The number of nitrogens with zero attached hydrogens (tertiary/aromatic N) is 5. The number of carbonyl (C=O) groups is 1. The van der Waals surface area contributed by atoms with Crippen molar-refractivity contribution >= 4 is 16.8 Å². The average Bonchev–Trinajstić information content (AvgIpc) is 3.54. The Morgan fingerprint density at radius 2 is 1.77 bits per heavy atom. The first-order chi connectivity index (χ1) is 14.6. The van der Waals surface area contributed by atoms with E-state index < -0.39 is 0 Å². The van der Waals surface area contributed by atoms with Gasteiger partial charge in [-0.05, 0) is 49.9 Å². The van der Waals surface area contributed by atoms with E-state index in [2.05, 4.69) is 10.2 Å². The highest BCUT2D eigenvalue weighted by Gasteiger charge is 2.30. The van der Waals surface area contributed by atoms with Crippen LogP contribution in [-0.2, 0) is 11.3 Å². The van der Waals surface area contributed by atoms with Gasteiger partial charge in [0.15, 0.2) is 0 Å². The molecule has 1 saturated heterocycles. The van der Waals surface area contributed by atoms with Crippen LogP contribution in [0.15, 0.2) is 35.3 Å². The van der Waals surface area contributed by atoms with E-state index in [0.29, 0.717) is 22.5 Å². The number of likely N-dealkylation sites (tertiary alicyclic amines) is 1. The van der Waals surface area contributed by atoms with Gasteiger partial charge in [0.25, 0.3) is 5.56 Å². The zero-order valence-electron chi connectivity index (χ0n) is 16.8. The van der Waals surface area contributed by atoms with E-state index in [0.717, 1.165) is 57.3 Å². The van der Waals surface area contributed by atoms with E-state index in [1.807, 2.05) is 4.90 Å². The average molecular weight is 409 g/mol. The van der Waals surface area contributed by atoms with Gasteiger partial charge in [0.1, 0.15) is 17.9 Å². The van der Waals surface area contributed by atoms with Crippen LogP contribution >= 0.6 is 0 Å². The molecule has 2 aliphatic rings. The number of benzene rings is 1. The van der Waals surface area contributed by atoms with Crippen molar-refractivity contribution in [2.24, 2.45) is 0 Å². The molecular formula is C22H24FN5O2. The lowest BCUT2D eigenvalue weighted by atomic mass is 10.2. The van der Waals surface area contributed by atoms with Gasteiger partial charge in [-0.25, -0.2) is 13.8 Å². The number of carbonyl (C=O) groups excluding carboxylic acids is 1. The summed E-state index contributed by atoms with van der Waals surface area (Å²) in [6, 6.07) is 5.86. The van der Waals surface area contributed by atoms with Crippen LogP contribution in [0.25, 0.3) is 16.6 Å². The molecule has 8 heteroatoms. The lowest BCUT2D eigenvalue weighted by molar-refractivity contribution is -0.132. The van der Waals surface area contributed by atoms with Gasteiger partial charge < -0.3 is 4.90 Å². The molecule has 0 spiro atoms. The number of aromatic nitrogens is 4. The van der Waals surface area contributed by atoms with Gasteiger partial charge >= 0.3 is 0 Å². The Kier molecular flexibility index (Phi) is 4.84. The number of fused-ring (bicyclic) bond motifs is 1. The molecule has 3 heterocycles. The van der Waals surface area contributed by atoms with E-state index >= 15 is 0 Å². The SMILES string of the molecule is O=C(Cn1nc(C2CC2)c2cnn(-c3ccc(F)cc3)c2c1=O)N1CCCCCC1. The van der Waals surface area contributed by atoms with E-state index in [1.54, 1.807) is 18.3 Å². The highest BCUT2D eigenvalue weighted by Crippen LogP contribution is 2.41. The number of hydrogen-bond donors (Lipinski definition) is 0. The van der Waals surface area contributed by atoms with Crippen molar-refractivity contribution in [3.8, 4) is 5.69 Å². The molecule has 1 aliphatic carbocycles. The summed E-state index contributed by atoms with van der Waals surface area (Å²) in [5.74, 6) is -0.130.